The lowest BCUT2D eigenvalue weighted by Gasteiger charge is -2.24. The van der Waals surface area contributed by atoms with Gasteiger partial charge in [-0.05, 0) is 31.5 Å². The van der Waals surface area contributed by atoms with Gasteiger partial charge in [0.25, 0.3) is 5.56 Å². The number of fused-ring (bicyclic) bond motifs is 1. The van der Waals surface area contributed by atoms with Crippen LogP contribution in [0.15, 0.2) is 16.9 Å². The summed E-state index contributed by atoms with van der Waals surface area (Å²) < 4.78 is 6.87. The van der Waals surface area contributed by atoms with Crippen molar-refractivity contribution in [1.82, 2.24) is 20.1 Å². The summed E-state index contributed by atoms with van der Waals surface area (Å²) in [7, 11) is 1.64. The van der Waals surface area contributed by atoms with E-state index >= 15 is 0 Å². The van der Waals surface area contributed by atoms with Gasteiger partial charge in [-0.25, -0.2) is 0 Å². The van der Waals surface area contributed by atoms with Gasteiger partial charge >= 0.3 is 0 Å². The van der Waals surface area contributed by atoms with E-state index in [0.717, 1.165) is 31.5 Å². The summed E-state index contributed by atoms with van der Waals surface area (Å²) in [6.07, 6.45) is 2.70. The van der Waals surface area contributed by atoms with Gasteiger partial charge in [0.05, 0.1) is 12.2 Å². The Morgan fingerprint density at radius 3 is 3.08 bits per heavy atom. The number of ether oxygens (including phenoxy) is 1. The molecule has 0 unspecified atom stereocenters. The van der Waals surface area contributed by atoms with Crippen molar-refractivity contribution in [3.05, 3.63) is 28.0 Å². The molecule has 1 aromatic carbocycles. The first kappa shape index (κ1) is 15.9. The second-order valence-corrected chi connectivity index (χ2v) is 6.46. The zero-order chi connectivity index (χ0) is 17.4. The van der Waals surface area contributed by atoms with E-state index in [-0.39, 0.29) is 23.2 Å². The van der Waals surface area contributed by atoms with E-state index in [2.05, 4.69) is 20.8 Å². The summed E-state index contributed by atoms with van der Waals surface area (Å²) in [4.78, 5) is 12.7. The van der Waals surface area contributed by atoms with Gasteiger partial charge in [0.2, 0.25) is 5.82 Å². The van der Waals surface area contributed by atoms with Crippen LogP contribution in [-0.4, -0.2) is 45.6 Å². The van der Waals surface area contributed by atoms with Crippen LogP contribution in [0.1, 0.15) is 18.4 Å². The number of anilines is 1. The first-order valence-electron chi connectivity index (χ1n) is 8.54. The number of hydrogen-bond donors (Lipinski definition) is 3. The van der Waals surface area contributed by atoms with Gasteiger partial charge in [0.15, 0.2) is 5.82 Å². The van der Waals surface area contributed by atoms with E-state index in [0.29, 0.717) is 30.2 Å². The molecule has 8 heteroatoms. The summed E-state index contributed by atoms with van der Waals surface area (Å²) in [6.45, 7) is 2.36. The summed E-state index contributed by atoms with van der Waals surface area (Å²) in [5, 5.41) is 25.3. The van der Waals surface area contributed by atoms with E-state index in [9.17, 15) is 9.90 Å². The van der Waals surface area contributed by atoms with Crippen LogP contribution in [0, 0.1) is 0 Å². The fraction of sp³-hybridized carbons (Fsp3) is 0.471. The Morgan fingerprint density at radius 1 is 1.40 bits per heavy atom. The molecule has 2 aliphatic heterocycles. The lowest BCUT2D eigenvalue weighted by atomic mass is 10.1. The smallest absolute Gasteiger partial charge is 0.296 e. The molecule has 0 radical (unpaired) electrons. The van der Waals surface area contributed by atoms with Gasteiger partial charge in [-0.3, -0.25) is 9.36 Å². The van der Waals surface area contributed by atoms with Gasteiger partial charge in [-0.2, -0.15) is 0 Å². The molecule has 1 atom stereocenters. The van der Waals surface area contributed by atoms with Gasteiger partial charge < -0.3 is 20.5 Å². The Bertz CT molecular complexity index is 858. The van der Waals surface area contributed by atoms with Gasteiger partial charge in [0.1, 0.15) is 11.5 Å². The Balaban J connectivity index is 1.68. The highest BCUT2D eigenvalue weighted by Gasteiger charge is 2.23. The largest absolute Gasteiger partial charge is 0.507 e. The van der Waals surface area contributed by atoms with Crippen LogP contribution in [0.25, 0.3) is 11.4 Å². The minimum Gasteiger partial charge on any atom is -0.507 e. The topological polar surface area (TPSA) is 101 Å². The molecule has 4 rings (SSSR count). The van der Waals surface area contributed by atoms with Crippen LogP contribution in [0.2, 0.25) is 0 Å². The average molecular weight is 343 g/mol. The normalized spacial score (nSPS) is 19.3. The third-order valence-corrected chi connectivity index (χ3v) is 4.80. The van der Waals surface area contributed by atoms with Crippen molar-refractivity contribution in [3.8, 4) is 22.9 Å². The number of aromatic hydroxyl groups is 1. The third kappa shape index (κ3) is 2.82. The van der Waals surface area contributed by atoms with Gasteiger partial charge in [-0.15, -0.1) is 10.2 Å². The lowest BCUT2D eigenvalue weighted by Crippen LogP contribution is -2.40. The fourth-order valence-electron chi connectivity index (χ4n) is 3.39. The molecular formula is C17H21N5O3. The monoisotopic (exact) mass is 343 g/mol. The maximum Gasteiger partial charge on any atom is 0.296 e. The quantitative estimate of drug-likeness (QED) is 0.752. The van der Waals surface area contributed by atoms with Crippen molar-refractivity contribution in [3.63, 3.8) is 0 Å². The van der Waals surface area contributed by atoms with Crippen molar-refractivity contribution in [2.45, 2.75) is 25.3 Å². The molecule has 25 heavy (non-hydrogen) atoms. The average Bonchev–Trinajstić information content (AvgIpc) is 3.11. The number of benzene rings is 1. The predicted octanol–water partition coefficient (Wildman–Crippen LogP) is 0.647. The molecule has 0 amide bonds. The van der Waals surface area contributed by atoms with Crippen LogP contribution >= 0.6 is 0 Å². The molecule has 1 fully saturated rings. The van der Waals surface area contributed by atoms with Crippen molar-refractivity contribution in [2.24, 2.45) is 7.05 Å². The van der Waals surface area contributed by atoms with Crippen molar-refractivity contribution in [2.75, 3.05) is 25.0 Å². The Labute approximate surface area is 144 Å². The summed E-state index contributed by atoms with van der Waals surface area (Å²) >= 11 is 0. The first-order chi connectivity index (χ1) is 12.1. The lowest BCUT2D eigenvalue weighted by molar-refractivity contribution is 0.357. The van der Waals surface area contributed by atoms with Crippen LogP contribution in [0.5, 0.6) is 11.5 Å². The molecule has 0 spiro atoms. The minimum atomic E-state index is -0.258. The zero-order valence-corrected chi connectivity index (χ0v) is 14.1. The molecule has 3 N–H and O–H groups in total. The summed E-state index contributed by atoms with van der Waals surface area (Å²) in [5.74, 6) is 1.37. The Hall–Kier alpha value is -2.61. The minimum absolute atomic E-state index is 0.108. The summed E-state index contributed by atoms with van der Waals surface area (Å²) in [6, 6.07) is 3.68. The number of piperidine rings is 1. The highest BCUT2D eigenvalue weighted by Crippen LogP contribution is 2.39. The van der Waals surface area contributed by atoms with Crippen molar-refractivity contribution >= 4 is 5.82 Å². The van der Waals surface area contributed by atoms with E-state index in [1.54, 1.807) is 19.2 Å². The molecule has 2 aromatic rings. The molecular weight excluding hydrogens is 322 g/mol. The first-order valence-corrected chi connectivity index (χ1v) is 8.54. The van der Waals surface area contributed by atoms with Crippen LogP contribution in [-0.2, 0) is 13.5 Å². The molecule has 8 nitrogen and oxygen atoms in total. The molecule has 0 aliphatic carbocycles. The third-order valence-electron chi connectivity index (χ3n) is 4.80. The second-order valence-electron chi connectivity index (χ2n) is 6.46. The molecule has 0 saturated carbocycles. The highest BCUT2D eigenvalue weighted by molar-refractivity contribution is 5.69. The number of aromatic nitrogens is 3. The van der Waals surface area contributed by atoms with Crippen LogP contribution in [0.3, 0.4) is 0 Å². The van der Waals surface area contributed by atoms with E-state index in [1.807, 2.05) is 0 Å². The fourth-order valence-corrected chi connectivity index (χ4v) is 3.39. The van der Waals surface area contributed by atoms with Crippen molar-refractivity contribution < 1.29 is 9.84 Å². The summed E-state index contributed by atoms with van der Waals surface area (Å²) in [5.41, 5.74) is 0.983. The van der Waals surface area contributed by atoms with Crippen molar-refractivity contribution in [1.29, 1.82) is 0 Å². The second kappa shape index (κ2) is 6.36. The van der Waals surface area contributed by atoms with Crippen LogP contribution < -0.4 is 20.9 Å². The highest BCUT2D eigenvalue weighted by atomic mass is 16.5. The molecule has 0 bridgehead atoms. The number of hydrogen-bond acceptors (Lipinski definition) is 7. The SMILES string of the molecule is Cn1c(-c2ccc3c(c2O)CCO3)nnc(N[C@@H]2CCCNC2)c1=O. The Kier molecular flexibility index (Phi) is 4.04. The number of phenolic OH excluding ortho intramolecular Hbond substituents is 1. The number of rotatable bonds is 3. The van der Waals surface area contributed by atoms with Gasteiger partial charge in [-0.1, -0.05) is 0 Å². The molecule has 3 heterocycles. The van der Waals surface area contributed by atoms with E-state index in [4.69, 9.17) is 4.74 Å². The number of nitrogens with zero attached hydrogens (tertiary/aromatic N) is 3. The van der Waals surface area contributed by atoms with E-state index < -0.39 is 0 Å². The standard InChI is InChI=1S/C17H21N5O3/c1-22-16(12-4-5-13-11(14(12)23)6-8-25-13)21-20-15(17(22)24)19-10-3-2-7-18-9-10/h4-5,10,18,23H,2-3,6-9H2,1H3,(H,19,20)/t10-/m1/s1. The number of phenols is 1. The molecule has 1 saturated heterocycles. The van der Waals surface area contributed by atoms with Gasteiger partial charge in [0, 0.05) is 31.6 Å². The maximum atomic E-state index is 12.7. The molecule has 132 valence electrons. The molecule has 2 aliphatic rings. The number of nitrogens with one attached hydrogen (secondary N) is 2. The van der Waals surface area contributed by atoms with Crippen LogP contribution in [0.4, 0.5) is 5.82 Å². The molecule has 1 aromatic heterocycles. The maximum absolute atomic E-state index is 12.7. The predicted molar refractivity (Wildman–Crippen MR) is 93.1 cm³/mol. The van der Waals surface area contributed by atoms with E-state index in [1.165, 1.54) is 4.57 Å². The zero-order valence-electron chi connectivity index (χ0n) is 14.1. The Morgan fingerprint density at radius 2 is 2.28 bits per heavy atom.